The van der Waals surface area contributed by atoms with E-state index < -0.39 is 46.8 Å². The average Bonchev–Trinajstić information content (AvgIpc) is 2.58. The molecule has 1 aliphatic heterocycles. The van der Waals surface area contributed by atoms with Gasteiger partial charge in [-0.1, -0.05) is 6.07 Å². The Hall–Kier alpha value is -3.31. The largest absolute Gasteiger partial charge is 0.482 e. The lowest BCUT2D eigenvalue weighted by atomic mass is 10.1. The van der Waals surface area contributed by atoms with Crippen LogP contribution in [0.25, 0.3) is 0 Å². The molecule has 0 atom stereocenters. The highest BCUT2D eigenvalue weighted by Crippen LogP contribution is 2.42. The Labute approximate surface area is 147 Å². The van der Waals surface area contributed by atoms with E-state index in [4.69, 9.17) is 0 Å². The number of nitro benzene ring substituents is 1. The lowest BCUT2D eigenvalue weighted by molar-refractivity contribution is -0.384. The summed E-state index contributed by atoms with van der Waals surface area (Å²) in [6.45, 7) is -0.586. The molecule has 12 heteroatoms. The number of nitro groups is 1. The Morgan fingerprint density at radius 3 is 2.48 bits per heavy atom. The van der Waals surface area contributed by atoms with Crippen molar-refractivity contribution in [3.8, 4) is 5.75 Å². The zero-order valence-corrected chi connectivity index (χ0v) is 13.0. The minimum atomic E-state index is -4.69. The molecule has 2 aromatic rings. The van der Waals surface area contributed by atoms with Gasteiger partial charge in [0.2, 0.25) is 0 Å². The van der Waals surface area contributed by atoms with Crippen LogP contribution in [-0.4, -0.2) is 21.9 Å². The Bertz CT molecular complexity index is 915. The third kappa shape index (κ3) is 3.50. The van der Waals surface area contributed by atoms with Crippen LogP contribution >= 0.6 is 0 Å². The summed E-state index contributed by atoms with van der Waals surface area (Å²) in [6, 6.07) is 4.29. The van der Waals surface area contributed by atoms with Crippen LogP contribution in [0.4, 0.5) is 33.3 Å². The predicted octanol–water partition coefficient (Wildman–Crippen LogP) is 3.53. The molecule has 7 nitrogen and oxygen atoms in total. The second-order valence-corrected chi connectivity index (χ2v) is 5.47. The van der Waals surface area contributed by atoms with Crippen LogP contribution in [0.15, 0.2) is 36.5 Å². The molecule has 0 bridgehead atoms. The number of nitrogens with zero attached hydrogens (tertiary/aromatic N) is 3. The van der Waals surface area contributed by atoms with E-state index in [0.717, 1.165) is 30.5 Å². The highest BCUT2D eigenvalue weighted by Gasteiger charge is 2.50. The van der Waals surface area contributed by atoms with Crippen molar-refractivity contribution in [2.45, 2.75) is 18.8 Å². The maximum Gasteiger partial charge on any atom is 0.482 e. The van der Waals surface area contributed by atoms with E-state index >= 15 is 0 Å². The van der Waals surface area contributed by atoms with Crippen LogP contribution < -0.4 is 9.64 Å². The third-order valence-electron chi connectivity index (χ3n) is 3.63. The van der Waals surface area contributed by atoms with Crippen LogP contribution in [0.5, 0.6) is 5.75 Å². The molecule has 142 valence electrons. The first kappa shape index (κ1) is 18.5. The van der Waals surface area contributed by atoms with E-state index in [-0.39, 0.29) is 11.3 Å². The van der Waals surface area contributed by atoms with Crippen LogP contribution in [0.2, 0.25) is 0 Å². The van der Waals surface area contributed by atoms with E-state index in [0.29, 0.717) is 11.0 Å². The van der Waals surface area contributed by atoms with E-state index in [2.05, 4.69) is 9.72 Å². The number of alkyl halides is 5. The standard InChI is InChI=1S/C15H8F5N3O4/c16-14(17,18)12-4-1-8(6-21-12)7-22-10-5-9(23(25)26)2-3-11(10)27-15(19,20)13(22)24/h1-6H,7H2. The summed E-state index contributed by atoms with van der Waals surface area (Å²) in [7, 11) is 0. The van der Waals surface area contributed by atoms with E-state index in [1.807, 2.05) is 0 Å². The number of carbonyl (C=O) groups excluding carboxylic acids is 1. The lowest BCUT2D eigenvalue weighted by Gasteiger charge is -2.33. The number of non-ortho nitro benzene ring substituents is 1. The quantitative estimate of drug-likeness (QED) is 0.456. The number of halogens is 5. The van der Waals surface area contributed by atoms with Gasteiger partial charge in [-0.3, -0.25) is 24.8 Å². The number of hydrogen-bond donors (Lipinski definition) is 0. The minimum Gasteiger partial charge on any atom is -0.423 e. The second kappa shape index (κ2) is 6.14. The van der Waals surface area contributed by atoms with Crippen LogP contribution in [0, 0.1) is 10.1 Å². The van der Waals surface area contributed by atoms with Gasteiger partial charge in [-0.15, -0.1) is 0 Å². The maximum atomic E-state index is 13.8. The molecule has 0 fully saturated rings. The Morgan fingerprint density at radius 2 is 1.93 bits per heavy atom. The summed E-state index contributed by atoms with van der Waals surface area (Å²) in [5.74, 6) is -2.29. The number of fused-ring (bicyclic) bond motifs is 1. The summed E-state index contributed by atoms with van der Waals surface area (Å²) in [5.41, 5.74) is -1.97. The lowest BCUT2D eigenvalue weighted by Crippen LogP contribution is -2.50. The molecule has 27 heavy (non-hydrogen) atoms. The molecule has 0 N–H and O–H groups in total. The van der Waals surface area contributed by atoms with Crippen molar-refractivity contribution in [3.63, 3.8) is 0 Å². The minimum absolute atomic E-state index is 0.00602. The summed E-state index contributed by atoms with van der Waals surface area (Å²) >= 11 is 0. The fourth-order valence-corrected chi connectivity index (χ4v) is 2.39. The number of benzene rings is 1. The fraction of sp³-hybridized carbons (Fsp3) is 0.200. The van der Waals surface area contributed by atoms with Crippen molar-refractivity contribution in [1.29, 1.82) is 0 Å². The van der Waals surface area contributed by atoms with E-state index in [9.17, 15) is 36.9 Å². The molecule has 1 aromatic carbocycles. The Balaban J connectivity index is 1.99. The maximum absolute atomic E-state index is 13.8. The number of pyridine rings is 1. The normalized spacial score (nSPS) is 15.9. The number of hydrogen-bond acceptors (Lipinski definition) is 5. The molecule has 1 amide bonds. The van der Waals surface area contributed by atoms with Gasteiger partial charge >= 0.3 is 18.2 Å². The number of rotatable bonds is 3. The summed E-state index contributed by atoms with van der Waals surface area (Å²) in [5, 5.41) is 10.9. The molecule has 1 aromatic heterocycles. The zero-order valence-electron chi connectivity index (χ0n) is 13.0. The van der Waals surface area contributed by atoms with Gasteiger partial charge in [0.25, 0.3) is 5.69 Å². The van der Waals surface area contributed by atoms with Crippen molar-refractivity contribution >= 4 is 17.3 Å². The van der Waals surface area contributed by atoms with Crippen molar-refractivity contribution in [2.75, 3.05) is 4.90 Å². The van der Waals surface area contributed by atoms with Gasteiger partial charge in [0.1, 0.15) is 5.69 Å². The first-order chi connectivity index (χ1) is 12.5. The molecule has 0 aliphatic carbocycles. The van der Waals surface area contributed by atoms with Gasteiger partial charge < -0.3 is 4.74 Å². The highest BCUT2D eigenvalue weighted by molar-refractivity contribution is 6.01. The predicted molar refractivity (Wildman–Crippen MR) is 79.1 cm³/mol. The van der Waals surface area contributed by atoms with Crippen molar-refractivity contribution in [2.24, 2.45) is 0 Å². The van der Waals surface area contributed by atoms with Crippen molar-refractivity contribution < 1.29 is 36.4 Å². The van der Waals surface area contributed by atoms with Gasteiger partial charge in [-0.2, -0.15) is 22.0 Å². The van der Waals surface area contributed by atoms with Gasteiger partial charge in [0, 0.05) is 18.3 Å². The highest BCUT2D eigenvalue weighted by atomic mass is 19.4. The molecule has 0 unspecified atom stereocenters. The molecule has 0 saturated heterocycles. The molecule has 0 saturated carbocycles. The number of anilines is 1. The average molecular weight is 389 g/mol. The van der Waals surface area contributed by atoms with Gasteiger partial charge in [0.15, 0.2) is 5.75 Å². The zero-order chi connectivity index (χ0) is 20.0. The number of amides is 1. The molecule has 1 aliphatic rings. The van der Waals surface area contributed by atoms with Crippen LogP contribution in [-0.2, 0) is 17.5 Å². The topological polar surface area (TPSA) is 85.6 Å². The SMILES string of the molecule is O=C1N(Cc2ccc(C(F)(F)F)nc2)c2cc([N+](=O)[O-])ccc2OC1(F)F. The smallest absolute Gasteiger partial charge is 0.423 e. The van der Waals surface area contributed by atoms with Crippen molar-refractivity contribution in [3.05, 3.63) is 57.9 Å². The molecule has 0 spiro atoms. The molecule has 2 heterocycles. The monoisotopic (exact) mass is 389 g/mol. The van der Waals surface area contributed by atoms with Gasteiger partial charge in [-0.05, 0) is 17.7 Å². The number of carbonyl (C=O) groups is 1. The summed E-state index contributed by atoms with van der Waals surface area (Å²) < 4.78 is 69.5. The molecule has 3 rings (SSSR count). The van der Waals surface area contributed by atoms with Crippen LogP contribution in [0.1, 0.15) is 11.3 Å². The van der Waals surface area contributed by atoms with Crippen molar-refractivity contribution in [1.82, 2.24) is 4.98 Å². The Kier molecular flexibility index (Phi) is 4.20. The molecule has 0 radical (unpaired) electrons. The fourth-order valence-electron chi connectivity index (χ4n) is 2.39. The van der Waals surface area contributed by atoms with Gasteiger partial charge in [0.05, 0.1) is 17.2 Å². The number of aromatic nitrogens is 1. The van der Waals surface area contributed by atoms with E-state index in [1.165, 1.54) is 0 Å². The number of ether oxygens (including phenoxy) is 1. The third-order valence-corrected chi connectivity index (χ3v) is 3.63. The summed E-state index contributed by atoms with van der Waals surface area (Å²) in [6.07, 6.45) is -8.14. The Morgan fingerprint density at radius 1 is 1.22 bits per heavy atom. The van der Waals surface area contributed by atoms with Crippen LogP contribution in [0.3, 0.4) is 0 Å². The first-order valence-electron chi connectivity index (χ1n) is 7.18. The summed E-state index contributed by atoms with van der Waals surface area (Å²) in [4.78, 5) is 25.8. The van der Waals surface area contributed by atoms with Gasteiger partial charge in [-0.25, -0.2) is 0 Å². The molecular weight excluding hydrogens is 381 g/mol. The molecular formula is C15H8F5N3O4. The second-order valence-electron chi connectivity index (χ2n) is 5.47. The van der Waals surface area contributed by atoms with E-state index in [1.54, 1.807) is 0 Å². The first-order valence-corrected chi connectivity index (χ1v) is 7.18.